The Balaban J connectivity index is 1.66. The maximum Gasteiger partial charge on any atom is 0.274 e. The Hall–Kier alpha value is -3.56. The number of likely N-dealkylation sites (tertiary alicyclic amines) is 1. The summed E-state index contributed by atoms with van der Waals surface area (Å²) in [6, 6.07) is 10.3. The minimum absolute atomic E-state index is 0.0648. The monoisotopic (exact) mass is 466 g/mol. The number of nitrogens with one attached hydrogen (secondary N) is 1. The van der Waals surface area contributed by atoms with Crippen molar-refractivity contribution in [3.63, 3.8) is 0 Å². The fourth-order valence-corrected chi connectivity index (χ4v) is 4.28. The van der Waals surface area contributed by atoms with E-state index in [1.54, 1.807) is 0 Å². The lowest BCUT2D eigenvalue weighted by molar-refractivity contribution is 0.0947. The molecule has 180 valence electrons. The van der Waals surface area contributed by atoms with E-state index >= 15 is 0 Å². The summed E-state index contributed by atoms with van der Waals surface area (Å²) in [5, 5.41) is 36.3. The molecular formula is C25H30N4O5. The fraction of sp³-hybridized carbons (Fsp3) is 0.360. The van der Waals surface area contributed by atoms with Crippen LogP contribution in [0.25, 0.3) is 22.5 Å². The maximum atomic E-state index is 12.7. The number of phenols is 2. The summed E-state index contributed by atoms with van der Waals surface area (Å²) in [5.74, 6) is -0.310. The number of nitrogen functional groups attached to an aromatic ring is 1. The number of aromatic hydroxyl groups is 2. The Bertz CT molecular complexity index is 1150. The number of rotatable bonds is 7. The van der Waals surface area contributed by atoms with Crippen molar-refractivity contribution in [2.75, 3.05) is 32.0 Å². The van der Waals surface area contributed by atoms with Crippen molar-refractivity contribution in [1.82, 2.24) is 15.4 Å². The largest absolute Gasteiger partial charge is 0.507 e. The summed E-state index contributed by atoms with van der Waals surface area (Å²) < 4.78 is 5.52. The zero-order valence-electron chi connectivity index (χ0n) is 19.1. The Morgan fingerprint density at radius 3 is 2.53 bits per heavy atom. The van der Waals surface area contributed by atoms with E-state index in [0.29, 0.717) is 23.6 Å². The van der Waals surface area contributed by atoms with Crippen LogP contribution in [0.4, 0.5) is 5.69 Å². The van der Waals surface area contributed by atoms with Crippen LogP contribution in [-0.2, 0) is 6.54 Å². The molecule has 4 rings (SSSR count). The van der Waals surface area contributed by atoms with E-state index in [1.165, 1.54) is 6.07 Å². The number of hydrogen-bond donors (Lipinski definition) is 5. The van der Waals surface area contributed by atoms with Gasteiger partial charge in [0.2, 0.25) is 0 Å². The Morgan fingerprint density at radius 1 is 1.18 bits per heavy atom. The molecule has 2 aromatic carbocycles. The molecule has 0 aliphatic carbocycles. The highest BCUT2D eigenvalue weighted by molar-refractivity contribution is 6.02. The van der Waals surface area contributed by atoms with E-state index in [0.717, 1.165) is 44.1 Å². The first-order valence-electron chi connectivity index (χ1n) is 11.4. The third-order valence-corrected chi connectivity index (χ3v) is 6.25. The molecular weight excluding hydrogens is 436 g/mol. The first kappa shape index (κ1) is 23.6. The highest BCUT2D eigenvalue weighted by atomic mass is 16.5. The van der Waals surface area contributed by atoms with Gasteiger partial charge in [-0.15, -0.1) is 0 Å². The van der Waals surface area contributed by atoms with Crippen LogP contribution in [0.2, 0.25) is 0 Å². The lowest BCUT2D eigenvalue weighted by atomic mass is 9.96. The third-order valence-electron chi connectivity index (χ3n) is 6.25. The molecule has 9 heteroatoms. The van der Waals surface area contributed by atoms with E-state index in [-0.39, 0.29) is 40.8 Å². The number of hydrogen-bond acceptors (Lipinski definition) is 8. The third kappa shape index (κ3) is 4.85. The van der Waals surface area contributed by atoms with Gasteiger partial charge in [-0.2, -0.15) is 0 Å². The van der Waals surface area contributed by atoms with Gasteiger partial charge >= 0.3 is 0 Å². The average molecular weight is 467 g/mol. The molecule has 3 aromatic rings. The molecule has 0 unspecified atom stereocenters. The van der Waals surface area contributed by atoms with Gasteiger partial charge in [0.25, 0.3) is 5.91 Å². The van der Waals surface area contributed by atoms with Crippen molar-refractivity contribution in [1.29, 1.82) is 0 Å². The molecule has 0 spiro atoms. The number of carbonyl (C=O) groups excluding carboxylic acids is 1. The number of nitrogens with two attached hydrogens (primary N) is 1. The van der Waals surface area contributed by atoms with Crippen molar-refractivity contribution < 1.29 is 24.6 Å². The van der Waals surface area contributed by atoms with Crippen LogP contribution < -0.4 is 11.1 Å². The number of aliphatic hydroxyl groups excluding tert-OH is 1. The van der Waals surface area contributed by atoms with Gasteiger partial charge in [0.1, 0.15) is 11.5 Å². The SMILES string of the molecule is CCNC(=O)c1noc(-c2cc(N)c(O)cc2O)c1-c1ccc(CN2CCC(CO)CC2)cc1. The number of benzene rings is 2. The highest BCUT2D eigenvalue weighted by Crippen LogP contribution is 2.42. The molecule has 1 aliphatic rings. The summed E-state index contributed by atoms with van der Waals surface area (Å²) >= 11 is 0. The molecule has 0 radical (unpaired) electrons. The highest BCUT2D eigenvalue weighted by Gasteiger charge is 2.26. The van der Waals surface area contributed by atoms with Crippen LogP contribution >= 0.6 is 0 Å². The summed E-state index contributed by atoms with van der Waals surface area (Å²) in [6.07, 6.45) is 1.99. The van der Waals surface area contributed by atoms with Crippen LogP contribution in [-0.4, -0.2) is 57.5 Å². The molecule has 1 aliphatic heterocycles. The number of piperidine rings is 1. The average Bonchev–Trinajstić information content (AvgIpc) is 3.27. The number of amides is 1. The number of carbonyl (C=O) groups is 1. The lowest BCUT2D eigenvalue weighted by Crippen LogP contribution is -2.34. The van der Waals surface area contributed by atoms with Crippen molar-refractivity contribution >= 4 is 11.6 Å². The van der Waals surface area contributed by atoms with Crippen molar-refractivity contribution in [2.24, 2.45) is 5.92 Å². The van der Waals surface area contributed by atoms with Gasteiger partial charge in [0.15, 0.2) is 11.5 Å². The second-order valence-corrected chi connectivity index (χ2v) is 8.62. The normalized spacial score (nSPS) is 14.9. The fourth-order valence-electron chi connectivity index (χ4n) is 4.28. The molecule has 6 N–H and O–H groups in total. The van der Waals surface area contributed by atoms with Gasteiger partial charge in [-0.25, -0.2) is 0 Å². The number of nitrogens with zero attached hydrogens (tertiary/aromatic N) is 2. The molecule has 1 aromatic heterocycles. The number of phenolic OH excluding ortho intramolecular Hbond substituents is 2. The zero-order chi connectivity index (χ0) is 24.2. The van der Waals surface area contributed by atoms with Gasteiger partial charge in [-0.05, 0) is 56.0 Å². The summed E-state index contributed by atoms with van der Waals surface area (Å²) in [7, 11) is 0. The topological polar surface area (TPSA) is 145 Å². The first-order chi connectivity index (χ1) is 16.4. The second-order valence-electron chi connectivity index (χ2n) is 8.62. The zero-order valence-corrected chi connectivity index (χ0v) is 19.1. The van der Waals surface area contributed by atoms with Crippen LogP contribution in [0.1, 0.15) is 35.8 Å². The van der Waals surface area contributed by atoms with E-state index in [1.807, 2.05) is 31.2 Å². The Morgan fingerprint density at radius 2 is 1.88 bits per heavy atom. The number of anilines is 1. The summed E-state index contributed by atoms with van der Waals surface area (Å²) in [6.45, 7) is 5.18. The first-order valence-corrected chi connectivity index (χ1v) is 11.4. The molecule has 1 amide bonds. The molecule has 0 saturated carbocycles. The number of aromatic nitrogens is 1. The standard InChI is InChI=1S/C25H30N4O5/c1-2-27-25(33)23-22(24(34-28-23)18-11-19(26)21(32)12-20(18)31)17-5-3-15(4-6-17)13-29-9-7-16(14-30)8-10-29/h3-6,11-12,16,30-32H,2,7-10,13-14,26H2,1H3,(H,27,33). The molecule has 9 nitrogen and oxygen atoms in total. The van der Waals surface area contributed by atoms with Gasteiger partial charge in [0.05, 0.1) is 16.8 Å². The maximum absolute atomic E-state index is 12.7. The number of aliphatic hydroxyl groups is 1. The quantitative estimate of drug-likeness (QED) is 0.203. The molecule has 0 atom stereocenters. The molecule has 0 bridgehead atoms. The van der Waals surface area contributed by atoms with Crippen molar-refractivity contribution in [3.05, 3.63) is 47.7 Å². The minimum atomic E-state index is -0.394. The predicted octanol–water partition coefficient (Wildman–Crippen LogP) is 2.96. The molecule has 1 saturated heterocycles. The summed E-state index contributed by atoms with van der Waals surface area (Å²) in [5.41, 5.74) is 8.48. The molecule has 2 heterocycles. The predicted molar refractivity (Wildman–Crippen MR) is 128 cm³/mol. The van der Waals surface area contributed by atoms with E-state index in [2.05, 4.69) is 15.4 Å². The summed E-state index contributed by atoms with van der Waals surface area (Å²) in [4.78, 5) is 15.0. The smallest absolute Gasteiger partial charge is 0.274 e. The van der Waals surface area contributed by atoms with Crippen molar-refractivity contribution in [2.45, 2.75) is 26.3 Å². The van der Waals surface area contributed by atoms with E-state index in [4.69, 9.17) is 10.3 Å². The van der Waals surface area contributed by atoms with E-state index in [9.17, 15) is 20.1 Å². The minimum Gasteiger partial charge on any atom is -0.507 e. The molecule has 1 fully saturated rings. The Kier molecular flexibility index (Phi) is 7.04. The van der Waals surface area contributed by atoms with Crippen molar-refractivity contribution in [3.8, 4) is 33.9 Å². The van der Waals surface area contributed by atoms with Gasteiger partial charge in [-0.3, -0.25) is 9.69 Å². The second kappa shape index (κ2) is 10.1. The Labute approximate surface area is 197 Å². The van der Waals surface area contributed by atoms with Gasteiger partial charge in [0, 0.05) is 25.8 Å². The van der Waals surface area contributed by atoms with E-state index < -0.39 is 5.91 Å². The van der Waals surface area contributed by atoms with Crippen LogP contribution in [0.15, 0.2) is 40.9 Å². The van der Waals surface area contributed by atoms with Crippen LogP contribution in [0.3, 0.4) is 0 Å². The lowest BCUT2D eigenvalue weighted by Gasteiger charge is -2.31. The van der Waals surface area contributed by atoms with Crippen LogP contribution in [0, 0.1) is 5.92 Å². The van der Waals surface area contributed by atoms with Crippen LogP contribution in [0.5, 0.6) is 11.5 Å². The molecule has 34 heavy (non-hydrogen) atoms. The van der Waals surface area contributed by atoms with Gasteiger partial charge in [-0.1, -0.05) is 29.4 Å². The van der Waals surface area contributed by atoms with Gasteiger partial charge < -0.3 is 30.9 Å².